The zero-order valence-electron chi connectivity index (χ0n) is 11.3. The van der Waals surface area contributed by atoms with Crippen LogP contribution in [0.1, 0.15) is 38.3 Å². The molecule has 0 saturated carbocycles. The van der Waals surface area contributed by atoms with Gasteiger partial charge in [-0.2, -0.15) is 0 Å². The lowest BCUT2D eigenvalue weighted by atomic mass is 9.91. The standard InChI is InChI=1S/C15H23FN2/c1-3-17-14-9-10-18(4-2)15(11-14)12-5-7-13(16)8-6-12/h5-8,14-15,17H,3-4,9-11H2,1-2H3/t14-,15?/m1/s1. The number of hydrogen-bond donors (Lipinski definition) is 1. The number of piperidine rings is 1. The van der Waals surface area contributed by atoms with E-state index in [9.17, 15) is 4.39 Å². The summed E-state index contributed by atoms with van der Waals surface area (Å²) in [6, 6.07) is 8.01. The Morgan fingerprint density at radius 2 is 2.00 bits per heavy atom. The van der Waals surface area contributed by atoms with Crippen LogP contribution in [0.25, 0.3) is 0 Å². The average Bonchev–Trinajstić information content (AvgIpc) is 2.40. The van der Waals surface area contributed by atoms with Crippen molar-refractivity contribution in [3.05, 3.63) is 35.6 Å². The van der Waals surface area contributed by atoms with E-state index in [1.54, 1.807) is 12.1 Å². The van der Waals surface area contributed by atoms with Crippen molar-refractivity contribution in [1.82, 2.24) is 10.2 Å². The molecule has 1 N–H and O–H groups in total. The van der Waals surface area contributed by atoms with Crippen LogP contribution in [0, 0.1) is 5.82 Å². The van der Waals surface area contributed by atoms with Crippen LogP contribution in [0.4, 0.5) is 4.39 Å². The molecule has 1 aliphatic rings. The van der Waals surface area contributed by atoms with Gasteiger partial charge >= 0.3 is 0 Å². The molecule has 1 heterocycles. The van der Waals surface area contributed by atoms with Crippen LogP contribution in [0.2, 0.25) is 0 Å². The highest BCUT2D eigenvalue weighted by Gasteiger charge is 2.27. The fourth-order valence-corrected chi connectivity index (χ4v) is 2.90. The Kier molecular flexibility index (Phi) is 4.72. The van der Waals surface area contributed by atoms with Gasteiger partial charge in [0.1, 0.15) is 5.82 Å². The molecule has 1 aromatic carbocycles. The molecule has 1 unspecified atom stereocenters. The number of rotatable bonds is 4. The van der Waals surface area contributed by atoms with E-state index >= 15 is 0 Å². The van der Waals surface area contributed by atoms with Gasteiger partial charge in [-0.15, -0.1) is 0 Å². The summed E-state index contributed by atoms with van der Waals surface area (Å²) in [5.74, 6) is -0.152. The van der Waals surface area contributed by atoms with Gasteiger partial charge in [-0.25, -0.2) is 4.39 Å². The normalized spacial score (nSPS) is 25.3. The smallest absolute Gasteiger partial charge is 0.123 e. The Morgan fingerprint density at radius 1 is 1.28 bits per heavy atom. The van der Waals surface area contributed by atoms with Crippen molar-refractivity contribution < 1.29 is 4.39 Å². The van der Waals surface area contributed by atoms with Crippen molar-refractivity contribution in [1.29, 1.82) is 0 Å². The summed E-state index contributed by atoms with van der Waals surface area (Å²) in [5, 5.41) is 3.54. The van der Waals surface area contributed by atoms with E-state index in [-0.39, 0.29) is 5.82 Å². The third-order valence-corrected chi connectivity index (χ3v) is 3.87. The first-order chi connectivity index (χ1) is 8.74. The number of nitrogens with zero attached hydrogens (tertiary/aromatic N) is 1. The first-order valence-electron chi connectivity index (χ1n) is 6.97. The van der Waals surface area contributed by atoms with Gasteiger partial charge in [-0.05, 0) is 43.6 Å². The maximum Gasteiger partial charge on any atom is 0.123 e. The minimum atomic E-state index is -0.152. The third-order valence-electron chi connectivity index (χ3n) is 3.87. The lowest BCUT2D eigenvalue weighted by Gasteiger charge is -2.39. The molecule has 100 valence electrons. The molecule has 0 aromatic heterocycles. The maximum absolute atomic E-state index is 13.0. The molecule has 0 radical (unpaired) electrons. The second-order valence-corrected chi connectivity index (χ2v) is 4.97. The van der Waals surface area contributed by atoms with E-state index in [0.29, 0.717) is 12.1 Å². The number of halogens is 1. The van der Waals surface area contributed by atoms with Gasteiger partial charge in [0.05, 0.1) is 0 Å². The number of nitrogens with one attached hydrogen (secondary N) is 1. The Morgan fingerprint density at radius 3 is 2.61 bits per heavy atom. The molecule has 3 heteroatoms. The summed E-state index contributed by atoms with van der Waals surface area (Å²) in [6.45, 7) is 7.55. The first kappa shape index (κ1) is 13.5. The minimum absolute atomic E-state index is 0.152. The van der Waals surface area contributed by atoms with Crippen LogP contribution in [-0.2, 0) is 0 Å². The fraction of sp³-hybridized carbons (Fsp3) is 0.600. The van der Waals surface area contributed by atoms with E-state index < -0.39 is 0 Å². The summed E-state index contributed by atoms with van der Waals surface area (Å²) >= 11 is 0. The molecule has 18 heavy (non-hydrogen) atoms. The molecular weight excluding hydrogens is 227 g/mol. The quantitative estimate of drug-likeness (QED) is 0.884. The molecule has 1 aliphatic heterocycles. The van der Waals surface area contributed by atoms with E-state index in [0.717, 1.165) is 26.1 Å². The van der Waals surface area contributed by atoms with Gasteiger partial charge in [0, 0.05) is 18.6 Å². The molecule has 0 aliphatic carbocycles. The molecule has 1 aromatic rings. The number of likely N-dealkylation sites (tertiary alicyclic amines) is 1. The summed E-state index contributed by atoms with van der Waals surface area (Å²) < 4.78 is 13.0. The monoisotopic (exact) mass is 250 g/mol. The van der Waals surface area contributed by atoms with E-state index in [1.165, 1.54) is 12.0 Å². The Labute approximate surface area is 109 Å². The maximum atomic E-state index is 13.0. The van der Waals surface area contributed by atoms with Crippen molar-refractivity contribution >= 4 is 0 Å². The Balaban J connectivity index is 2.12. The largest absolute Gasteiger partial charge is 0.314 e. The second kappa shape index (κ2) is 6.30. The van der Waals surface area contributed by atoms with Crippen LogP contribution < -0.4 is 5.32 Å². The summed E-state index contributed by atoms with van der Waals surface area (Å²) in [7, 11) is 0. The Bertz CT molecular complexity index is 363. The molecule has 0 spiro atoms. The molecular formula is C15H23FN2. The highest BCUT2D eigenvalue weighted by Crippen LogP contribution is 2.30. The zero-order chi connectivity index (χ0) is 13.0. The Hall–Kier alpha value is -0.930. The minimum Gasteiger partial charge on any atom is -0.314 e. The van der Waals surface area contributed by atoms with Crippen LogP contribution in [-0.4, -0.2) is 30.6 Å². The third kappa shape index (κ3) is 3.09. The van der Waals surface area contributed by atoms with Gasteiger partial charge in [-0.3, -0.25) is 4.90 Å². The van der Waals surface area contributed by atoms with Crippen LogP contribution >= 0.6 is 0 Å². The highest BCUT2D eigenvalue weighted by atomic mass is 19.1. The lowest BCUT2D eigenvalue weighted by molar-refractivity contribution is 0.132. The second-order valence-electron chi connectivity index (χ2n) is 4.97. The van der Waals surface area contributed by atoms with Crippen molar-refractivity contribution in [2.75, 3.05) is 19.6 Å². The highest BCUT2D eigenvalue weighted by molar-refractivity contribution is 5.21. The van der Waals surface area contributed by atoms with Crippen molar-refractivity contribution in [3.8, 4) is 0 Å². The van der Waals surface area contributed by atoms with Crippen molar-refractivity contribution in [2.45, 2.75) is 38.8 Å². The lowest BCUT2D eigenvalue weighted by Crippen LogP contribution is -2.44. The predicted molar refractivity (Wildman–Crippen MR) is 73.1 cm³/mol. The average molecular weight is 250 g/mol. The predicted octanol–water partition coefficient (Wildman–Crippen LogP) is 2.96. The van der Waals surface area contributed by atoms with E-state index in [2.05, 4.69) is 24.1 Å². The molecule has 2 rings (SSSR count). The fourth-order valence-electron chi connectivity index (χ4n) is 2.90. The molecule has 1 fully saturated rings. The van der Waals surface area contributed by atoms with Gasteiger partial charge in [0.15, 0.2) is 0 Å². The van der Waals surface area contributed by atoms with Crippen LogP contribution in [0.3, 0.4) is 0 Å². The molecule has 0 amide bonds. The molecule has 2 atom stereocenters. The van der Waals surface area contributed by atoms with Crippen LogP contribution in [0.5, 0.6) is 0 Å². The zero-order valence-corrected chi connectivity index (χ0v) is 11.3. The first-order valence-corrected chi connectivity index (χ1v) is 6.97. The summed E-state index contributed by atoms with van der Waals surface area (Å²) in [5.41, 5.74) is 1.24. The summed E-state index contributed by atoms with van der Waals surface area (Å²) in [6.07, 6.45) is 2.33. The van der Waals surface area contributed by atoms with Crippen LogP contribution in [0.15, 0.2) is 24.3 Å². The molecule has 2 nitrogen and oxygen atoms in total. The van der Waals surface area contributed by atoms with Gasteiger partial charge in [-0.1, -0.05) is 26.0 Å². The van der Waals surface area contributed by atoms with E-state index in [1.807, 2.05) is 12.1 Å². The van der Waals surface area contributed by atoms with Gasteiger partial charge in [0.25, 0.3) is 0 Å². The molecule has 0 bridgehead atoms. The summed E-state index contributed by atoms with van der Waals surface area (Å²) in [4.78, 5) is 2.49. The number of benzene rings is 1. The SMILES string of the molecule is CCN[C@@H]1CCN(CC)C(c2ccc(F)cc2)C1. The van der Waals surface area contributed by atoms with Crippen molar-refractivity contribution in [3.63, 3.8) is 0 Å². The molecule has 1 saturated heterocycles. The topological polar surface area (TPSA) is 15.3 Å². The van der Waals surface area contributed by atoms with Crippen molar-refractivity contribution in [2.24, 2.45) is 0 Å². The van der Waals surface area contributed by atoms with E-state index in [4.69, 9.17) is 0 Å². The number of hydrogen-bond acceptors (Lipinski definition) is 2. The van der Waals surface area contributed by atoms with Gasteiger partial charge < -0.3 is 5.32 Å². The van der Waals surface area contributed by atoms with Gasteiger partial charge in [0.2, 0.25) is 0 Å².